The molecular formula is C12H17NO3. The van der Waals surface area contributed by atoms with Gasteiger partial charge in [0.05, 0.1) is 6.26 Å². The van der Waals surface area contributed by atoms with Crippen molar-refractivity contribution < 1.29 is 14.3 Å². The molecule has 1 aromatic heterocycles. The molecule has 0 bridgehead atoms. The van der Waals surface area contributed by atoms with Gasteiger partial charge in [-0.1, -0.05) is 6.92 Å². The van der Waals surface area contributed by atoms with E-state index in [0.29, 0.717) is 5.76 Å². The quantitative estimate of drug-likeness (QED) is 0.742. The third kappa shape index (κ3) is 3.90. The van der Waals surface area contributed by atoms with Crippen molar-refractivity contribution in [3.05, 3.63) is 30.2 Å². The maximum absolute atomic E-state index is 11.4. The van der Waals surface area contributed by atoms with Crippen molar-refractivity contribution in [3.63, 3.8) is 0 Å². The second-order valence-electron chi connectivity index (χ2n) is 3.81. The highest BCUT2D eigenvalue weighted by Crippen LogP contribution is 2.03. The molecule has 2 N–H and O–H groups in total. The van der Waals surface area contributed by atoms with Crippen LogP contribution in [0.1, 0.15) is 19.6 Å². The van der Waals surface area contributed by atoms with Gasteiger partial charge in [0.15, 0.2) is 0 Å². The zero-order valence-corrected chi connectivity index (χ0v) is 9.51. The second-order valence-corrected chi connectivity index (χ2v) is 3.81. The molecule has 1 amide bonds. The number of carbonyl (C=O) groups is 1. The monoisotopic (exact) mass is 223 g/mol. The van der Waals surface area contributed by atoms with E-state index in [1.807, 2.05) is 13.8 Å². The molecule has 0 saturated carbocycles. The fourth-order valence-corrected chi connectivity index (χ4v) is 1.12. The SMILES string of the molecule is CC(CO)C(C)NC(=O)/C=C/c1ccco1. The third-order valence-corrected chi connectivity index (χ3v) is 2.45. The minimum Gasteiger partial charge on any atom is -0.465 e. The lowest BCUT2D eigenvalue weighted by Crippen LogP contribution is -2.37. The van der Waals surface area contributed by atoms with Crippen LogP contribution in [0.4, 0.5) is 0 Å². The van der Waals surface area contributed by atoms with E-state index >= 15 is 0 Å². The van der Waals surface area contributed by atoms with E-state index in [1.165, 1.54) is 6.08 Å². The summed E-state index contributed by atoms with van der Waals surface area (Å²) in [5.74, 6) is 0.489. The van der Waals surface area contributed by atoms with Gasteiger partial charge in [0.1, 0.15) is 5.76 Å². The van der Waals surface area contributed by atoms with Crippen molar-refractivity contribution in [3.8, 4) is 0 Å². The van der Waals surface area contributed by atoms with E-state index in [4.69, 9.17) is 9.52 Å². The highest BCUT2D eigenvalue weighted by atomic mass is 16.3. The Hall–Kier alpha value is -1.55. The molecule has 0 radical (unpaired) electrons. The van der Waals surface area contributed by atoms with E-state index in [1.54, 1.807) is 24.5 Å². The maximum Gasteiger partial charge on any atom is 0.244 e. The fraction of sp³-hybridized carbons (Fsp3) is 0.417. The largest absolute Gasteiger partial charge is 0.465 e. The Kier molecular flexibility index (Phi) is 4.79. The van der Waals surface area contributed by atoms with E-state index in [2.05, 4.69) is 5.32 Å². The first-order chi connectivity index (χ1) is 7.63. The van der Waals surface area contributed by atoms with Crippen LogP contribution in [0, 0.1) is 5.92 Å². The fourth-order valence-electron chi connectivity index (χ4n) is 1.12. The smallest absolute Gasteiger partial charge is 0.244 e. The summed E-state index contributed by atoms with van der Waals surface area (Å²) in [4.78, 5) is 11.4. The molecule has 2 unspecified atom stereocenters. The molecule has 0 aromatic carbocycles. The van der Waals surface area contributed by atoms with Gasteiger partial charge >= 0.3 is 0 Å². The zero-order valence-electron chi connectivity index (χ0n) is 9.51. The van der Waals surface area contributed by atoms with Gasteiger partial charge in [0.25, 0.3) is 0 Å². The molecule has 0 aliphatic carbocycles. The summed E-state index contributed by atoms with van der Waals surface area (Å²) >= 11 is 0. The Morgan fingerprint density at radius 1 is 1.62 bits per heavy atom. The third-order valence-electron chi connectivity index (χ3n) is 2.45. The van der Waals surface area contributed by atoms with Crippen LogP contribution in [-0.2, 0) is 4.79 Å². The average Bonchev–Trinajstić information content (AvgIpc) is 2.78. The zero-order chi connectivity index (χ0) is 12.0. The number of carbonyl (C=O) groups excluding carboxylic acids is 1. The van der Waals surface area contributed by atoms with Crippen molar-refractivity contribution >= 4 is 12.0 Å². The van der Waals surface area contributed by atoms with E-state index in [0.717, 1.165) is 0 Å². The van der Waals surface area contributed by atoms with Crippen LogP contribution >= 0.6 is 0 Å². The van der Waals surface area contributed by atoms with Crippen LogP contribution in [0.3, 0.4) is 0 Å². The number of aliphatic hydroxyl groups is 1. The number of nitrogens with one attached hydrogen (secondary N) is 1. The Balaban J connectivity index is 2.42. The molecule has 0 aliphatic rings. The Morgan fingerprint density at radius 2 is 2.38 bits per heavy atom. The second kappa shape index (κ2) is 6.12. The van der Waals surface area contributed by atoms with Gasteiger partial charge in [-0.2, -0.15) is 0 Å². The first-order valence-electron chi connectivity index (χ1n) is 5.26. The summed E-state index contributed by atoms with van der Waals surface area (Å²) in [6.07, 6.45) is 4.57. The molecule has 4 nitrogen and oxygen atoms in total. The lowest BCUT2D eigenvalue weighted by Gasteiger charge is -2.17. The normalized spacial score (nSPS) is 14.9. The summed E-state index contributed by atoms with van der Waals surface area (Å²) in [6.45, 7) is 3.80. The van der Waals surface area contributed by atoms with Crippen molar-refractivity contribution in [2.75, 3.05) is 6.61 Å². The molecule has 0 fully saturated rings. The Labute approximate surface area is 95.0 Å². The number of rotatable bonds is 5. The predicted molar refractivity (Wildman–Crippen MR) is 61.6 cm³/mol. The highest BCUT2D eigenvalue weighted by molar-refractivity contribution is 5.91. The number of hydrogen-bond acceptors (Lipinski definition) is 3. The minimum atomic E-state index is -0.191. The van der Waals surface area contributed by atoms with E-state index in [9.17, 15) is 4.79 Å². The van der Waals surface area contributed by atoms with Gasteiger partial charge in [-0.25, -0.2) is 0 Å². The summed E-state index contributed by atoms with van der Waals surface area (Å²) in [5, 5.41) is 11.7. The molecule has 0 spiro atoms. The van der Waals surface area contributed by atoms with Gasteiger partial charge in [0, 0.05) is 18.7 Å². The van der Waals surface area contributed by atoms with Gasteiger partial charge in [-0.3, -0.25) is 4.79 Å². The molecule has 88 valence electrons. The Morgan fingerprint density at radius 3 is 2.94 bits per heavy atom. The first-order valence-corrected chi connectivity index (χ1v) is 5.26. The number of furan rings is 1. The van der Waals surface area contributed by atoms with Gasteiger partial charge in [-0.05, 0) is 31.1 Å². The van der Waals surface area contributed by atoms with E-state index in [-0.39, 0.29) is 24.5 Å². The minimum absolute atomic E-state index is 0.0426. The predicted octanol–water partition coefficient (Wildman–Crippen LogP) is 1.43. The van der Waals surface area contributed by atoms with Crippen molar-refractivity contribution in [2.24, 2.45) is 5.92 Å². The maximum atomic E-state index is 11.4. The molecule has 1 rings (SSSR count). The molecule has 2 atom stereocenters. The molecule has 0 aliphatic heterocycles. The van der Waals surface area contributed by atoms with Crippen molar-refractivity contribution in [2.45, 2.75) is 19.9 Å². The topological polar surface area (TPSA) is 62.5 Å². The molecular weight excluding hydrogens is 206 g/mol. The lowest BCUT2D eigenvalue weighted by molar-refractivity contribution is -0.117. The summed E-state index contributed by atoms with van der Waals surface area (Å²) in [7, 11) is 0. The molecule has 4 heteroatoms. The Bertz CT molecular complexity index is 343. The van der Waals surface area contributed by atoms with Crippen LogP contribution in [0.5, 0.6) is 0 Å². The standard InChI is InChI=1S/C12H17NO3/c1-9(8-14)10(2)13-12(15)6-5-11-4-3-7-16-11/h3-7,9-10,14H,8H2,1-2H3,(H,13,15)/b6-5+. The number of amides is 1. The van der Waals surface area contributed by atoms with Crippen LogP contribution < -0.4 is 5.32 Å². The average molecular weight is 223 g/mol. The van der Waals surface area contributed by atoms with Gasteiger partial charge < -0.3 is 14.8 Å². The van der Waals surface area contributed by atoms with E-state index < -0.39 is 0 Å². The lowest BCUT2D eigenvalue weighted by atomic mass is 10.1. The first kappa shape index (κ1) is 12.5. The number of aliphatic hydroxyl groups excluding tert-OH is 1. The summed E-state index contributed by atoms with van der Waals surface area (Å²) in [5.41, 5.74) is 0. The van der Waals surface area contributed by atoms with Gasteiger partial charge in [0.2, 0.25) is 5.91 Å². The van der Waals surface area contributed by atoms with Crippen LogP contribution in [0.25, 0.3) is 6.08 Å². The molecule has 1 aromatic rings. The summed E-state index contributed by atoms with van der Waals surface area (Å²) in [6, 6.07) is 3.47. The highest BCUT2D eigenvalue weighted by Gasteiger charge is 2.11. The van der Waals surface area contributed by atoms with Gasteiger partial charge in [-0.15, -0.1) is 0 Å². The van der Waals surface area contributed by atoms with Crippen molar-refractivity contribution in [1.82, 2.24) is 5.32 Å². The summed E-state index contributed by atoms with van der Waals surface area (Å²) < 4.78 is 5.05. The van der Waals surface area contributed by atoms with Crippen LogP contribution in [0.2, 0.25) is 0 Å². The van der Waals surface area contributed by atoms with Crippen LogP contribution in [-0.4, -0.2) is 23.7 Å². The van der Waals surface area contributed by atoms with Crippen LogP contribution in [0.15, 0.2) is 28.9 Å². The van der Waals surface area contributed by atoms with Crippen molar-refractivity contribution in [1.29, 1.82) is 0 Å². The number of hydrogen-bond donors (Lipinski definition) is 2. The molecule has 0 saturated heterocycles. The molecule has 16 heavy (non-hydrogen) atoms. The molecule has 1 heterocycles.